The quantitative estimate of drug-likeness (QED) is 0.436. The summed E-state index contributed by atoms with van der Waals surface area (Å²) in [5.74, 6) is 1.06. The molecule has 0 aromatic heterocycles. The van der Waals surface area contributed by atoms with Crippen LogP contribution < -0.4 is 30.4 Å². The first-order valence-electron chi connectivity index (χ1n) is 9.28. The van der Waals surface area contributed by atoms with Gasteiger partial charge in [-0.1, -0.05) is 26.0 Å². The van der Waals surface area contributed by atoms with E-state index in [0.717, 1.165) is 0 Å². The molecule has 160 valence electrons. The first-order chi connectivity index (χ1) is 14.4. The average molecular weight is 432 g/mol. The van der Waals surface area contributed by atoms with E-state index in [1.54, 1.807) is 55.6 Å². The summed E-state index contributed by atoms with van der Waals surface area (Å²) in [6, 6.07) is 13.7. The largest absolute Gasteiger partial charge is 0.497 e. The number of hydrogen-bond donors (Lipinski definition) is 3. The highest BCUT2D eigenvalue weighted by molar-refractivity contribution is 7.80. The van der Waals surface area contributed by atoms with Crippen LogP contribution in [-0.4, -0.2) is 37.3 Å². The lowest BCUT2D eigenvalue weighted by Gasteiger charge is -2.14. The maximum atomic E-state index is 12.5. The van der Waals surface area contributed by atoms with Crippen LogP contribution in [0.25, 0.3) is 0 Å². The van der Waals surface area contributed by atoms with Crippen molar-refractivity contribution in [3.05, 3.63) is 54.1 Å². The second kappa shape index (κ2) is 11.6. The summed E-state index contributed by atoms with van der Waals surface area (Å²) in [6.07, 6.45) is 0. The molecule has 0 aliphatic carbocycles. The van der Waals surface area contributed by atoms with Crippen LogP contribution in [0.2, 0.25) is 0 Å². The second-order valence-electron chi connectivity index (χ2n) is 6.62. The summed E-state index contributed by atoms with van der Waals surface area (Å²) in [4.78, 5) is 24.3. The van der Waals surface area contributed by atoms with Gasteiger partial charge < -0.3 is 14.2 Å². The van der Waals surface area contributed by atoms with Gasteiger partial charge in [-0.2, -0.15) is 0 Å². The van der Waals surface area contributed by atoms with Crippen LogP contribution in [-0.2, 0) is 4.79 Å². The number of carbonyl (C=O) groups is 2. The Morgan fingerprint density at radius 1 is 0.967 bits per heavy atom. The highest BCUT2D eigenvalue weighted by atomic mass is 32.1. The zero-order valence-corrected chi connectivity index (χ0v) is 17.9. The van der Waals surface area contributed by atoms with E-state index in [9.17, 15) is 9.59 Å². The molecule has 0 aliphatic rings. The number of carbonyl (C=O) groups excluding carboxylic acids is 2. The van der Waals surface area contributed by atoms with Crippen molar-refractivity contribution in [2.24, 2.45) is 5.92 Å². The number of ether oxygens (including phenoxy) is 3. The van der Waals surface area contributed by atoms with E-state index < -0.39 is 11.8 Å². The summed E-state index contributed by atoms with van der Waals surface area (Å²) in [7, 11) is 1.56. The monoisotopic (exact) mass is 431 g/mol. The molecule has 0 spiro atoms. The Morgan fingerprint density at radius 2 is 1.63 bits per heavy atom. The van der Waals surface area contributed by atoms with Crippen molar-refractivity contribution in [3.63, 3.8) is 0 Å². The molecular weight excluding hydrogens is 406 g/mol. The Kier molecular flexibility index (Phi) is 8.89. The molecule has 30 heavy (non-hydrogen) atoms. The van der Waals surface area contributed by atoms with E-state index in [1.165, 1.54) is 0 Å². The van der Waals surface area contributed by atoms with Crippen LogP contribution in [0.3, 0.4) is 0 Å². The number of rotatable bonds is 8. The molecule has 8 nitrogen and oxygen atoms in total. The summed E-state index contributed by atoms with van der Waals surface area (Å²) >= 11 is 5.05. The van der Waals surface area contributed by atoms with Crippen molar-refractivity contribution in [2.75, 3.05) is 20.3 Å². The Hall–Kier alpha value is -3.33. The van der Waals surface area contributed by atoms with E-state index in [0.29, 0.717) is 35.3 Å². The Morgan fingerprint density at radius 3 is 2.30 bits per heavy atom. The van der Waals surface area contributed by atoms with Gasteiger partial charge in [0.1, 0.15) is 17.2 Å². The van der Waals surface area contributed by atoms with Crippen molar-refractivity contribution in [1.82, 2.24) is 16.2 Å². The zero-order valence-electron chi connectivity index (χ0n) is 17.1. The maximum absolute atomic E-state index is 12.5. The number of hydrazine groups is 1. The van der Waals surface area contributed by atoms with E-state index in [4.69, 9.17) is 26.4 Å². The number of methoxy groups -OCH3 is 1. The molecule has 0 aliphatic heterocycles. The Balaban J connectivity index is 1.78. The third-order valence-corrected chi connectivity index (χ3v) is 3.88. The number of benzene rings is 2. The van der Waals surface area contributed by atoms with Gasteiger partial charge in [-0.25, -0.2) is 0 Å². The normalized spacial score (nSPS) is 10.1. The fourth-order valence-corrected chi connectivity index (χ4v) is 2.37. The second-order valence-corrected chi connectivity index (χ2v) is 7.03. The molecular formula is C21H25N3O5S. The smallest absolute Gasteiger partial charge is 0.276 e. The summed E-state index contributed by atoms with van der Waals surface area (Å²) < 4.78 is 16.1. The highest BCUT2D eigenvalue weighted by Crippen LogP contribution is 2.19. The van der Waals surface area contributed by atoms with Gasteiger partial charge >= 0.3 is 0 Å². The molecule has 9 heteroatoms. The van der Waals surface area contributed by atoms with Gasteiger partial charge in [-0.3, -0.25) is 25.8 Å². The van der Waals surface area contributed by atoms with Crippen LogP contribution in [0, 0.1) is 5.92 Å². The Labute approximate surface area is 180 Å². The molecule has 0 saturated heterocycles. The molecule has 2 amide bonds. The van der Waals surface area contributed by atoms with Gasteiger partial charge in [0, 0.05) is 0 Å². The first kappa shape index (κ1) is 23.0. The molecule has 0 unspecified atom stereocenters. The van der Waals surface area contributed by atoms with Gasteiger partial charge in [0.2, 0.25) is 0 Å². The van der Waals surface area contributed by atoms with Crippen LogP contribution in [0.1, 0.15) is 24.2 Å². The fraction of sp³-hybridized carbons (Fsp3) is 0.286. The van der Waals surface area contributed by atoms with Gasteiger partial charge in [-0.05, 0) is 54.5 Å². The van der Waals surface area contributed by atoms with Crippen LogP contribution >= 0.6 is 12.2 Å². The number of nitrogens with one attached hydrogen (secondary N) is 3. The van der Waals surface area contributed by atoms with Crippen molar-refractivity contribution in [2.45, 2.75) is 13.8 Å². The Bertz CT molecular complexity index is 871. The SMILES string of the molecule is COc1ccc(OCC(=O)NNC(=S)NC(=O)c2ccccc2OCC(C)C)cc1. The zero-order chi connectivity index (χ0) is 21.9. The minimum Gasteiger partial charge on any atom is -0.497 e. The number of thiocarbonyl (C=S) groups is 1. The van der Waals surface area contributed by atoms with Crippen molar-refractivity contribution in [1.29, 1.82) is 0 Å². The van der Waals surface area contributed by atoms with Crippen LogP contribution in [0.15, 0.2) is 48.5 Å². The van der Waals surface area contributed by atoms with Crippen LogP contribution in [0.5, 0.6) is 17.2 Å². The lowest BCUT2D eigenvalue weighted by molar-refractivity contribution is -0.123. The van der Waals surface area contributed by atoms with Gasteiger partial charge in [-0.15, -0.1) is 0 Å². The summed E-state index contributed by atoms with van der Waals surface area (Å²) in [5, 5.41) is 2.44. The minimum atomic E-state index is -0.469. The van der Waals surface area contributed by atoms with Crippen molar-refractivity contribution in [3.8, 4) is 17.2 Å². The van der Waals surface area contributed by atoms with Gasteiger partial charge in [0.05, 0.1) is 19.3 Å². The van der Waals surface area contributed by atoms with Gasteiger partial charge in [0.25, 0.3) is 11.8 Å². The highest BCUT2D eigenvalue weighted by Gasteiger charge is 2.14. The number of hydrogen-bond acceptors (Lipinski definition) is 6. The third kappa shape index (κ3) is 7.59. The van der Waals surface area contributed by atoms with E-state index in [-0.39, 0.29) is 11.7 Å². The molecule has 0 radical (unpaired) electrons. The molecule has 2 rings (SSSR count). The topological polar surface area (TPSA) is 97.9 Å². The van der Waals surface area contributed by atoms with E-state index in [2.05, 4.69) is 16.2 Å². The minimum absolute atomic E-state index is 0.0588. The molecule has 0 bridgehead atoms. The molecule has 2 aromatic carbocycles. The lowest BCUT2D eigenvalue weighted by Crippen LogP contribution is -2.49. The first-order valence-corrected chi connectivity index (χ1v) is 9.68. The van der Waals surface area contributed by atoms with E-state index in [1.807, 2.05) is 13.8 Å². The molecule has 3 N–H and O–H groups in total. The van der Waals surface area contributed by atoms with Gasteiger partial charge in [0.15, 0.2) is 11.7 Å². The lowest BCUT2D eigenvalue weighted by atomic mass is 10.2. The van der Waals surface area contributed by atoms with Crippen molar-refractivity contribution >= 4 is 29.1 Å². The molecule has 0 fully saturated rings. The maximum Gasteiger partial charge on any atom is 0.276 e. The molecule has 0 atom stereocenters. The number of para-hydroxylation sites is 1. The summed E-state index contributed by atoms with van der Waals surface area (Å²) in [6.45, 7) is 4.28. The standard InChI is InChI=1S/C21H25N3O5S/c1-14(2)12-29-18-7-5-4-6-17(18)20(26)22-21(30)24-23-19(25)13-28-16-10-8-15(27-3)9-11-16/h4-11,14H,12-13H2,1-3H3,(H,23,25)(H2,22,24,26,30). The molecule has 0 saturated carbocycles. The predicted molar refractivity (Wildman–Crippen MR) is 117 cm³/mol. The fourth-order valence-electron chi connectivity index (χ4n) is 2.22. The predicted octanol–water partition coefficient (Wildman–Crippen LogP) is 2.44. The third-order valence-electron chi connectivity index (χ3n) is 3.68. The number of amides is 2. The summed E-state index contributed by atoms with van der Waals surface area (Å²) in [5.41, 5.74) is 5.17. The molecule has 2 aromatic rings. The van der Waals surface area contributed by atoms with E-state index >= 15 is 0 Å². The molecule has 0 heterocycles. The average Bonchev–Trinajstić information content (AvgIpc) is 2.75. The van der Waals surface area contributed by atoms with Crippen molar-refractivity contribution < 1.29 is 23.8 Å². The van der Waals surface area contributed by atoms with Crippen LogP contribution in [0.4, 0.5) is 0 Å².